The van der Waals surface area contributed by atoms with Crippen LogP contribution in [0.15, 0.2) is 71.6 Å². The number of nitrogens with one attached hydrogen (secondary N) is 2. The summed E-state index contributed by atoms with van der Waals surface area (Å²) >= 11 is 0. The Kier molecular flexibility index (Phi) is 5.95. The third-order valence-corrected chi connectivity index (χ3v) is 7.48. The molecule has 170 valence electrons. The number of hydrogen-bond donors (Lipinski definition) is 2. The van der Waals surface area contributed by atoms with Crippen LogP contribution < -0.4 is 14.9 Å². The Hall–Kier alpha value is -3.65. The van der Waals surface area contributed by atoms with Gasteiger partial charge in [0.1, 0.15) is 0 Å². The van der Waals surface area contributed by atoms with Gasteiger partial charge in [-0.1, -0.05) is 17.7 Å². The summed E-state index contributed by atoms with van der Waals surface area (Å²) in [6.07, 6.45) is 0.521. The summed E-state index contributed by atoms with van der Waals surface area (Å²) in [5, 5.41) is 5.50. The smallest absolute Gasteiger partial charge is 0.264 e. The molecular weight excluding hydrogens is 438 g/mol. The van der Waals surface area contributed by atoms with Crippen LogP contribution in [-0.4, -0.2) is 26.3 Å². The molecule has 1 aliphatic heterocycles. The molecule has 4 rings (SSSR count). The van der Waals surface area contributed by atoms with Crippen molar-refractivity contribution in [3.05, 3.63) is 83.4 Å². The van der Waals surface area contributed by atoms with Gasteiger partial charge >= 0.3 is 0 Å². The van der Waals surface area contributed by atoms with Gasteiger partial charge in [-0.3, -0.25) is 13.9 Å². The zero-order valence-electron chi connectivity index (χ0n) is 18.6. The molecule has 0 saturated carbocycles. The average Bonchev–Trinajstić information content (AvgIpc) is 3.10. The van der Waals surface area contributed by atoms with E-state index in [0.29, 0.717) is 29.0 Å². The van der Waals surface area contributed by atoms with Crippen LogP contribution in [0.3, 0.4) is 0 Å². The van der Waals surface area contributed by atoms with Crippen molar-refractivity contribution in [3.8, 4) is 0 Å². The van der Waals surface area contributed by atoms with Crippen LogP contribution >= 0.6 is 0 Å². The first-order chi connectivity index (χ1) is 15.6. The molecule has 33 heavy (non-hydrogen) atoms. The maximum absolute atomic E-state index is 13.3. The molecule has 0 saturated heterocycles. The SMILES string of the molecule is CC(=O)Nc1ccc(NC(=O)c2ccc3c(c2)C[C@H](C)N3S(=O)(=O)c2ccc(C)cc2)cc1. The number of benzene rings is 3. The summed E-state index contributed by atoms with van der Waals surface area (Å²) in [7, 11) is -3.71. The third kappa shape index (κ3) is 4.61. The predicted octanol–water partition coefficient (Wildman–Crippen LogP) is 4.35. The maximum atomic E-state index is 13.3. The first-order valence-electron chi connectivity index (χ1n) is 10.6. The van der Waals surface area contributed by atoms with Gasteiger partial charge in [0.2, 0.25) is 5.91 Å². The first kappa shape index (κ1) is 22.5. The number of hydrogen-bond acceptors (Lipinski definition) is 4. The van der Waals surface area contributed by atoms with Crippen molar-refractivity contribution in [2.24, 2.45) is 0 Å². The van der Waals surface area contributed by atoms with E-state index >= 15 is 0 Å². The lowest BCUT2D eigenvalue weighted by Gasteiger charge is -2.24. The molecular formula is C25H25N3O4S. The normalized spacial score (nSPS) is 15.1. The highest BCUT2D eigenvalue weighted by Crippen LogP contribution is 2.37. The summed E-state index contributed by atoms with van der Waals surface area (Å²) in [5.41, 5.74) is 4.07. The molecule has 0 aromatic heterocycles. The van der Waals surface area contributed by atoms with Crippen LogP contribution in [0.4, 0.5) is 17.1 Å². The van der Waals surface area contributed by atoms with Crippen molar-refractivity contribution < 1.29 is 18.0 Å². The van der Waals surface area contributed by atoms with Gasteiger partial charge in [-0.05, 0) is 80.4 Å². The van der Waals surface area contributed by atoms with Gasteiger partial charge in [0.05, 0.1) is 10.6 Å². The van der Waals surface area contributed by atoms with Crippen LogP contribution in [0, 0.1) is 6.92 Å². The maximum Gasteiger partial charge on any atom is 0.264 e. The van der Waals surface area contributed by atoms with Crippen molar-refractivity contribution in [2.45, 2.75) is 38.1 Å². The Morgan fingerprint density at radius 1 is 0.909 bits per heavy atom. The van der Waals surface area contributed by atoms with E-state index in [0.717, 1.165) is 11.1 Å². The standard InChI is InChI=1S/C25H25N3O4S/c1-16-4-11-23(12-5-16)33(31,32)28-17(2)14-20-15-19(6-13-24(20)28)25(30)27-22-9-7-21(8-10-22)26-18(3)29/h4-13,15,17H,14H2,1-3H3,(H,26,29)(H,27,30)/t17-/m0/s1. The Bertz CT molecular complexity index is 1320. The Labute approximate surface area is 193 Å². The summed E-state index contributed by atoms with van der Waals surface area (Å²) in [6.45, 7) is 5.20. The molecule has 3 aromatic rings. The number of amides is 2. The molecule has 1 aliphatic rings. The van der Waals surface area contributed by atoms with Crippen molar-refractivity contribution in [3.63, 3.8) is 0 Å². The molecule has 3 aromatic carbocycles. The number of nitrogens with zero attached hydrogens (tertiary/aromatic N) is 1. The number of sulfonamides is 1. The highest BCUT2D eigenvalue weighted by Gasteiger charge is 2.36. The summed E-state index contributed by atoms with van der Waals surface area (Å²) < 4.78 is 28.0. The van der Waals surface area contributed by atoms with Gasteiger partial charge in [0.15, 0.2) is 0 Å². The van der Waals surface area contributed by atoms with Gasteiger partial charge in [-0.25, -0.2) is 8.42 Å². The lowest BCUT2D eigenvalue weighted by molar-refractivity contribution is -0.114. The van der Waals surface area contributed by atoms with Gasteiger partial charge in [-0.15, -0.1) is 0 Å². The van der Waals surface area contributed by atoms with Crippen LogP contribution in [0.25, 0.3) is 0 Å². The van der Waals surface area contributed by atoms with Crippen molar-refractivity contribution >= 4 is 38.9 Å². The monoisotopic (exact) mass is 463 g/mol. The van der Waals surface area contributed by atoms with Gasteiger partial charge in [0, 0.05) is 29.9 Å². The molecule has 0 fully saturated rings. The Morgan fingerprint density at radius 2 is 1.52 bits per heavy atom. The summed E-state index contributed by atoms with van der Waals surface area (Å²) in [5.74, 6) is -0.463. The molecule has 7 nitrogen and oxygen atoms in total. The van der Waals surface area contributed by atoms with Crippen LogP contribution in [0.5, 0.6) is 0 Å². The van der Waals surface area contributed by atoms with Crippen LogP contribution in [0.2, 0.25) is 0 Å². The molecule has 8 heteroatoms. The van der Waals surface area contributed by atoms with E-state index in [1.165, 1.54) is 11.2 Å². The van der Waals surface area contributed by atoms with E-state index in [9.17, 15) is 18.0 Å². The number of carbonyl (C=O) groups is 2. The zero-order valence-corrected chi connectivity index (χ0v) is 19.4. The van der Waals surface area contributed by atoms with Gasteiger partial charge in [-0.2, -0.15) is 0 Å². The molecule has 1 atom stereocenters. The van der Waals surface area contributed by atoms with E-state index in [1.807, 2.05) is 13.8 Å². The fourth-order valence-corrected chi connectivity index (χ4v) is 5.67. The zero-order chi connectivity index (χ0) is 23.8. The van der Waals surface area contributed by atoms with Crippen molar-refractivity contribution in [1.29, 1.82) is 0 Å². The van der Waals surface area contributed by atoms with Crippen LogP contribution in [0.1, 0.15) is 35.3 Å². The van der Waals surface area contributed by atoms with E-state index in [-0.39, 0.29) is 22.8 Å². The van der Waals surface area contributed by atoms with E-state index < -0.39 is 10.0 Å². The summed E-state index contributed by atoms with van der Waals surface area (Å²) in [6, 6.07) is 18.4. The molecule has 2 N–H and O–H groups in total. The lowest BCUT2D eigenvalue weighted by Crippen LogP contribution is -2.35. The number of aryl methyl sites for hydroxylation is 1. The fourth-order valence-electron chi connectivity index (χ4n) is 3.98. The second kappa shape index (κ2) is 8.71. The highest BCUT2D eigenvalue weighted by molar-refractivity contribution is 7.92. The largest absolute Gasteiger partial charge is 0.326 e. The minimum absolute atomic E-state index is 0.169. The topological polar surface area (TPSA) is 95.6 Å². The number of carbonyl (C=O) groups excluding carboxylic acids is 2. The predicted molar refractivity (Wildman–Crippen MR) is 129 cm³/mol. The quantitative estimate of drug-likeness (QED) is 0.588. The average molecular weight is 464 g/mol. The van der Waals surface area contributed by atoms with Gasteiger partial charge in [0.25, 0.3) is 15.9 Å². The Balaban J connectivity index is 1.55. The number of rotatable bonds is 5. The Morgan fingerprint density at radius 3 is 2.12 bits per heavy atom. The molecule has 0 bridgehead atoms. The molecule has 2 amide bonds. The second-order valence-electron chi connectivity index (χ2n) is 8.22. The van der Waals surface area contributed by atoms with E-state index in [1.54, 1.807) is 66.7 Å². The number of fused-ring (bicyclic) bond motifs is 1. The van der Waals surface area contributed by atoms with E-state index in [2.05, 4.69) is 10.6 Å². The van der Waals surface area contributed by atoms with Crippen LogP contribution in [-0.2, 0) is 21.2 Å². The molecule has 0 radical (unpaired) electrons. The highest BCUT2D eigenvalue weighted by atomic mass is 32.2. The molecule has 0 aliphatic carbocycles. The third-order valence-electron chi connectivity index (χ3n) is 5.54. The molecule has 1 heterocycles. The summed E-state index contributed by atoms with van der Waals surface area (Å²) in [4.78, 5) is 24.2. The number of anilines is 3. The second-order valence-corrected chi connectivity index (χ2v) is 10.0. The van der Waals surface area contributed by atoms with Crippen molar-refractivity contribution in [2.75, 3.05) is 14.9 Å². The molecule has 0 spiro atoms. The van der Waals surface area contributed by atoms with E-state index in [4.69, 9.17) is 0 Å². The minimum Gasteiger partial charge on any atom is -0.326 e. The molecule has 0 unspecified atom stereocenters. The fraction of sp³-hybridized carbons (Fsp3) is 0.200. The lowest BCUT2D eigenvalue weighted by atomic mass is 10.1. The van der Waals surface area contributed by atoms with Gasteiger partial charge < -0.3 is 10.6 Å². The first-order valence-corrected chi connectivity index (χ1v) is 12.0. The minimum atomic E-state index is -3.71. The van der Waals surface area contributed by atoms with Crippen molar-refractivity contribution in [1.82, 2.24) is 0 Å².